The molecule has 3 nitrogen and oxygen atoms in total. The molecule has 0 spiro atoms. The Bertz CT molecular complexity index is 485. The SMILES string of the molecule is COC(=O)c1cccc2ccn(C)c12. The zero-order chi connectivity index (χ0) is 10.1. The van der Waals surface area contributed by atoms with Crippen molar-refractivity contribution >= 4 is 16.9 Å². The number of para-hydroxylation sites is 1. The first-order valence-electron chi connectivity index (χ1n) is 4.36. The van der Waals surface area contributed by atoms with E-state index < -0.39 is 0 Å². The molecular weight excluding hydrogens is 178 g/mol. The van der Waals surface area contributed by atoms with Crippen LogP contribution < -0.4 is 0 Å². The van der Waals surface area contributed by atoms with Crippen molar-refractivity contribution in [3.8, 4) is 0 Å². The van der Waals surface area contributed by atoms with Gasteiger partial charge in [-0.25, -0.2) is 4.79 Å². The maximum absolute atomic E-state index is 11.4. The van der Waals surface area contributed by atoms with Crippen molar-refractivity contribution in [2.24, 2.45) is 7.05 Å². The number of carbonyl (C=O) groups is 1. The maximum Gasteiger partial charge on any atom is 0.340 e. The molecule has 0 saturated carbocycles. The third-order valence-corrected chi connectivity index (χ3v) is 2.30. The van der Waals surface area contributed by atoms with Gasteiger partial charge in [-0.3, -0.25) is 0 Å². The van der Waals surface area contributed by atoms with Gasteiger partial charge in [-0.15, -0.1) is 0 Å². The van der Waals surface area contributed by atoms with E-state index in [2.05, 4.69) is 0 Å². The van der Waals surface area contributed by atoms with Crippen LogP contribution in [0.4, 0.5) is 0 Å². The monoisotopic (exact) mass is 189 g/mol. The topological polar surface area (TPSA) is 31.2 Å². The third kappa shape index (κ3) is 1.18. The number of aryl methyl sites for hydroxylation is 1. The van der Waals surface area contributed by atoms with E-state index in [-0.39, 0.29) is 5.97 Å². The van der Waals surface area contributed by atoms with E-state index in [4.69, 9.17) is 4.74 Å². The van der Waals surface area contributed by atoms with Crippen molar-refractivity contribution in [3.05, 3.63) is 36.0 Å². The average Bonchev–Trinajstić information content (AvgIpc) is 2.59. The van der Waals surface area contributed by atoms with Crippen molar-refractivity contribution in [3.63, 3.8) is 0 Å². The Morgan fingerprint density at radius 2 is 2.14 bits per heavy atom. The summed E-state index contributed by atoms with van der Waals surface area (Å²) < 4.78 is 6.63. The highest BCUT2D eigenvalue weighted by Gasteiger charge is 2.11. The summed E-state index contributed by atoms with van der Waals surface area (Å²) in [6, 6.07) is 7.58. The normalized spacial score (nSPS) is 10.4. The molecule has 1 aromatic heterocycles. The lowest BCUT2D eigenvalue weighted by Gasteiger charge is -2.03. The van der Waals surface area contributed by atoms with Crippen LogP contribution in [0.3, 0.4) is 0 Å². The summed E-state index contributed by atoms with van der Waals surface area (Å²) in [4.78, 5) is 11.4. The fourth-order valence-electron chi connectivity index (χ4n) is 1.63. The Morgan fingerprint density at radius 3 is 2.86 bits per heavy atom. The van der Waals surface area contributed by atoms with Gasteiger partial charge in [-0.2, -0.15) is 0 Å². The van der Waals surface area contributed by atoms with E-state index in [0.717, 1.165) is 10.9 Å². The van der Waals surface area contributed by atoms with Gasteiger partial charge < -0.3 is 9.30 Å². The minimum Gasteiger partial charge on any atom is -0.465 e. The Balaban J connectivity index is 2.75. The van der Waals surface area contributed by atoms with Gasteiger partial charge in [-0.1, -0.05) is 12.1 Å². The van der Waals surface area contributed by atoms with Gasteiger partial charge in [-0.05, 0) is 12.1 Å². The van der Waals surface area contributed by atoms with Crippen molar-refractivity contribution in [2.45, 2.75) is 0 Å². The molecule has 0 saturated heterocycles. The number of esters is 1. The number of hydrogen-bond donors (Lipinski definition) is 0. The fourth-order valence-corrected chi connectivity index (χ4v) is 1.63. The van der Waals surface area contributed by atoms with Gasteiger partial charge in [0.25, 0.3) is 0 Å². The van der Waals surface area contributed by atoms with Crippen LogP contribution in [-0.2, 0) is 11.8 Å². The molecule has 2 aromatic rings. The maximum atomic E-state index is 11.4. The molecule has 0 radical (unpaired) electrons. The number of carbonyl (C=O) groups excluding carboxylic acids is 1. The molecule has 3 heteroatoms. The molecule has 1 aromatic carbocycles. The van der Waals surface area contributed by atoms with Crippen molar-refractivity contribution in [1.29, 1.82) is 0 Å². The Kier molecular flexibility index (Phi) is 2.00. The molecule has 0 N–H and O–H groups in total. The molecule has 0 atom stereocenters. The van der Waals surface area contributed by atoms with Crippen LogP contribution in [0, 0.1) is 0 Å². The molecule has 0 aliphatic heterocycles. The summed E-state index contributed by atoms with van der Waals surface area (Å²) in [5.74, 6) is -0.294. The van der Waals surface area contributed by atoms with E-state index in [1.165, 1.54) is 7.11 Å². The first-order chi connectivity index (χ1) is 6.74. The fraction of sp³-hybridized carbons (Fsp3) is 0.182. The van der Waals surface area contributed by atoms with Gasteiger partial charge in [0.15, 0.2) is 0 Å². The van der Waals surface area contributed by atoms with Crippen molar-refractivity contribution < 1.29 is 9.53 Å². The second-order valence-corrected chi connectivity index (χ2v) is 3.16. The highest BCUT2D eigenvalue weighted by Crippen LogP contribution is 2.19. The molecule has 0 fully saturated rings. The van der Waals surface area contributed by atoms with Crippen LogP contribution in [0.1, 0.15) is 10.4 Å². The minimum atomic E-state index is -0.294. The van der Waals surface area contributed by atoms with E-state index in [0.29, 0.717) is 5.56 Å². The number of fused-ring (bicyclic) bond motifs is 1. The lowest BCUT2D eigenvalue weighted by Crippen LogP contribution is -2.03. The average molecular weight is 189 g/mol. The number of benzene rings is 1. The first-order valence-corrected chi connectivity index (χ1v) is 4.36. The quantitative estimate of drug-likeness (QED) is 0.642. The molecule has 14 heavy (non-hydrogen) atoms. The van der Waals surface area contributed by atoms with Gasteiger partial charge in [0.05, 0.1) is 18.2 Å². The third-order valence-electron chi connectivity index (χ3n) is 2.30. The van der Waals surface area contributed by atoms with Gasteiger partial charge in [0, 0.05) is 18.6 Å². The van der Waals surface area contributed by atoms with Crippen LogP contribution >= 0.6 is 0 Å². The molecule has 0 amide bonds. The van der Waals surface area contributed by atoms with Crippen LogP contribution in [-0.4, -0.2) is 17.6 Å². The number of aromatic nitrogens is 1. The molecule has 72 valence electrons. The summed E-state index contributed by atoms with van der Waals surface area (Å²) >= 11 is 0. The predicted molar refractivity (Wildman–Crippen MR) is 54.3 cm³/mol. The summed E-state index contributed by atoms with van der Waals surface area (Å²) in [5, 5.41) is 1.05. The standard InChI is InChI=1S/C11H11NO2/c1-12-7-6-8-4-3-5-9(10(8)12)11(13)14-2/h3-7H,1-2H3. The van der Waals surface area contributed by atoms with Crippen LogP contribution in [0.25, 0.3) is 10.9 Å². The smallest absolute Gasteiger partial charge is 0.340 e. The number of nitrogens with zero attached hydrogens (tertiary/aromatic N) is 1. The summed E-state index contributed by atoms with van der Waals surface area (Å²) in [7, 11) is 3.30. The number of rotatable bonds is 1. The van der Waals surface area contributed by atoms with Crippen molar-refractivity contribution in [1.82, 2.24) is 4.57 Å². The lowest BCUT2D eigenvalue weighted by molar-refractivity contribution is 0.0602. The van der Waals surface area contributed by atoms with Gasteiger partial charge >= 0.3 is 5.97 Å². The lowest BCUT2D eigenvalue weighted by atomic mass is 10.1. The molecule has 0 aliphatic carbocycles. The van der Waals surface area contributed by atoms with Crippen LogP contribution in [0.2, 0.25) is 0 Å². The van der Waals surface area contributed by atoms with Crippen LogP contribution in [0.5, 0.6) is 0 Å². The highest BCUT2D eigenvalue weighted by molar-refractivity contribution is 6.03. The summed E-state index contributed by atoms with van der Waals surface area (Å²) in [6.45, 7) is 0. The van der Waals surface area contributed by atoms with Crippen molar-refractivity contribution in [2.75, 3.05) is 7.11 Å². The molecule has 0 bridgehead atoms. The molecule has 0 aliphatic rings. The zero-order valence-corrected chi connectivity index (χ0v) is 8.15. The second-order valence-electron chi connectivity index (χ2n) is 3.16. The Morgan fingerprint density at radius 1 is 1.36 bits per heavy atom. The van der Waals surface area contributed by atoms with E-state index in [1.54, 1.807) is 6.07 Å². The number of methoxy groups -OCH3 is 1. The molecule has 0 unspecified atom stereocenters. The van der Waals surface area contributed by atoms with Gasteiger partial charge in [0.2, 0.25) is 0 Å². The Hall–Kier alpha value is -1.77. The van der Waals surface area contributed by atoms with Crippen LogP contribution in [0.15, 0.2) is 30.5 Å². The summed E-state index contributed by atoms with van der Waals surface area (Å²) in [5.41, 5.74) is 1.52. The number of ether oxygens (including phenoxy) is 1. The Labute approximate surface area is 81.9 Å². The van der Waals surface area contributed by atoms with Gasteiger partial charge in [0.1, 0.15) is 0 Å². The molecular formula is C11H11NO2. The molecule has 2 rings (SSSR count). The zero-order valence-electron chi connectivity index (χ0n) is 8.15. The minimum absolute atomic E-state index is 0.294. The van der Waals surface area contributed by atoms with E-state index in [1.807, 2.05) is 36.0 Å². The van der Waals surface area contributed by atoms with E-state index >= 15 is 0 Å². The highest BCUT2D eigenvalue weighted by atomic mass is 16.5. The first kappa shape index (κ1) is 8.81. The molecule has 1 heterocycles. The van der Waals surface area contributed by atoms with E-state index in [9.17, 15) is 4.79 Å². The second kappa shape index (κ2) is 3.18. The predicted octanol–water partition coefficient (Wildman–Crippen LogP) is 1.96. The largest absolute Gasteiger partial charge is 0.465 e. The number of hydrogen-bond acceptors (Lipinski definition) is 2. The summed E-state index contributed by atoms with van der Waals surface area (Å²) in [6.07, 6.45) is 1.93.